The third-order valence-electron chi connectivity index (χ3n) is 9.70. The van der Waals surface area contributed by atoms with Gasteiger partial charge in [-0.25, -0.2) is 15.0 Å². The van der Waals surface area contributed by atoms with Gasteiger partial charge in [-0.3, -0.25) is 0 Å². The van der Waals surface area contributed by atoms with Crippen LogP contribution in [0, 0.1) is 0 Å². The van der Waals surface area contributed by atoms with Crippen molar-refractivity contribution in [2.75, 3.05) is 0 Å². The highest BCUT2D eigenvalue weighted by atomic mass is 16.3. The Hall–Kier alpha value is -6.91. The maximum absolute atomic E-state index is 6.79. The summed E-state index contributed by atoms with van der Waals surface area (Å²) in [6, 6.07) is 61.1. The van der Waals surface area contributed by atoms with Crippen molar-refractivity contribution in [3.05, 3.63) is 176 Å². The summed E-state index contributed by atoms with van der Waals surface area (Å²) in [6.45, 7) is 0. The lowest BCUT2D eigenvalue weighted by Gasteiger charge is -2.12. The van der Waals surface area contributed by atoms with Crippen molar-refractivity contribution in [2.24, 2.45) is 0 Å². The number of benzene rings is 8. The maximum Gasteiger partial charge on any atom is 0.164 e. The molecule has 0 saturated carbocycles. The van der Waals surface area contributed by atoms with Gasteiger partial charge >= 0.3 is 0 Å². The van der Waals surface area contributed by atoms with Crippen molar-refractivity contribution < 1.29 is 4.42 Å². The molecule has 4 heteroatoms. The van der Waals surface area contributed by atoms with Crippen LogP contribution in [0.2, 0.25) is 0 Å². The second kappa shape index (κ2) is 11.9. The highest BCUT2D eigenvalue weighted by Gasteiger charge is 2.21. The Morgan fingerprint density at radius 1 is 0.333 bits per heavy atom. The van der Waals surface area contributed by atoms with Crippen LogP contribution in [-0.4, -0.2) is 15.0 Å². The molecule has 0 aliphatic carbocycles. The normalized spacial score (nSPS) is 11.5. The van der Waals surface area contributed by atoms with E-state index in [1.165, 1.54) is 16.5 Å². The molecule has 0 aliphatic rings. The first-order chi connectivity index (χ1) is 25.2. The van der Waals surface area contributed by atoms with Crippen molar-refractivity contribution in [1.82, 2.24) is 15.0 Å². The van der Waals surface area contributed by atoms with Crippen LogP contribution < -0.4 is 0 Å². The topological polar surface area (TPSA) is 51.8 Å². The average molecular weight is 652 g/mol. The van der Waals surface area contributed by atoms with Gasteiger partial charge in [-0.05, 0) is 62.7 Å². The van der Waals surface area contributed by atoms with Gasteiger partial charge in [-0.1, -0.05) is 152 Å². The van der Waals surface area contributed by atoms with E-state index in [2.05, 4.69) is 140 Å². The van der Waals surface area contributed by atoms with Crippen LogP contribution in [0.3, 0.4) is 0 Å². The smallest absolute Gasteiger partial charge is 0.164 e. The van der Waals surface area contributed by atoms with E-state index in [-0.39, 0.29) is 0 Å². The van der Waals surface area contributed by atoms with E-state index in [0.717, 1.165) is 65.9 Å². The van der Waals surface area contributed by atoms with Gasteiger partial charge in [0.25, 0.3) is 0 Å². The largest absolute Gasteiger partial charge is 0.455 e. The molecule has 238 valence electrons. The quantitative estimate of drug-likeness (QED) is 0.186. The van der Waals surface area contributed by atoms with Crippen LogP contribution in [-0.2, 0) is 0 Å². The van der Waals surface area contributed by atoms with Crippen molar-refractivity contribution >= 4 is 43.5 Å². The van der Waals surface area contributed by atoms with Gasteiger partial charge in [0, 0.05) is 32.8 Å². The number of aromatic nitrogens is 3. The number of nitrogens with zero attached hydrogens (tertiary/aromatic N) is 3. The van der Waals surface area contributed by atoms with Gasteiger partial charge in [0.2, 0.25) is 0 Å². The van der Waals surface area contributed by atoms with Crippen molar-refractivity contribution in [2.45, 2.75) is 0 Å². The molecule has 0 N–H and O–H groups in total. The van der Waals surface area contributed by atoms with Crippen LogP contribution in [0.15, 0.2) is 180 Å². The molecular weight excluding hydrogens is 623 g/mol. The fourth-order valence-corrected chi connectivity index (χ4v) is 7.13. The summed E-state index contributed by atoms with van der Waals surface area (Å²) >= 11 is 0. The highest BCUT2D eigenvalue weighted by Crippen LogP contribution is 2.42. The number of hydrogen-bond donors (Lipinski definition) is 0. The second-order valence-electron chi connectivity index (χ2n) is 12.8. The zero-order chi connectivity index (χ0) is 33.7. The summed E-state index contributed by atoms with van der Waals surface area (Å²) in [6.07, 6.45) is 0. The van der Waals surface area contributed by atoms with E-state index >= 15 is 0 Å². The molecule has 8 aromatic carbocycles. The summed E-state index contributed by atoms with van der Waals surface area (Å²) in [5.41, 5.74) is 8.85. The monoisotopic (exact) mass is 651 g/mol. The van der Waals surface area contributed by atoms with E-state index in [1.807, 2.05) is 36.4 Å². The minimum Gasteiger partial charge on any atom is -0.455 e. The molecule has 0 saturated heterocycles. The first kappa shape index (κ1) is 29.0. The Morgan fingerprint density at radius 2 is 0.882 bits per heavy atom. The zero-order valence-corrected chi connectivity index (χ0v) is 27.5. The third kappa shape index (κ3) is 5.13. The van der Waals surface area contributed by atoms with Crippen molar-refractivity contribution in [1.29, 1.82) is 0 Å². The van der Waals surface area contributed by atoms with Gasteiger partial charge in [-0.2, -0.15) is 0 Å². The molecule has 0 bridgehead atoms. The third-order valence-corrected chi connectivity index (χ3v) is 9.70. The molecule has 0 unspecified atom stereocenters. The zero-order valence-electron chi connectivity index (χ0n) is 27.5. The molecule has 0 amide bonds. The molecule has 10 aromatic rings. The van der Waals surface area contributed by atoms with Gasteiger partial charge in [-0.15, -0.1) is 0 Å². The summed E-state index contributed by atoms with van der Waals surface area (Å²) in [5, 5.41) is 6.52. The first-order valence-corrected chi connectivity index (χ1v) is 17.1. The number of fused-ring (bicyclic) bond motifs is 6. The fourth-order valence-electron chi connectivity index (χ4n) is 7.13. The van der Waals surface area contributed by atoms with Gasteiger partial charge < -0.3 is 4.42 Å². The van der Waals surface area contributed by atoms with Crippen LogP contribution in [0.4, 0.5) is 0 Å². The summed E-state index contributed by atoms with van der Waals surface area (Å²) in [5.74, 6) is 1.83. The van der Waals surface area contributed by atoms with E-state index in [4.69, 9.17) is 19.4 Å². The first-order valence-electron chi connectivity index (χ1n) is 17.1. The summed E-state index contributed by atoms with van der Waals surface area (Å²) in [4.78, 5) is 15.5. The number of hydrogen-bond acceptors (Lipinski definition) is 4. The minimum atomic E-state index is 0.593. The lowest BCUT2D eigenvalue weighted by molar-refractivity contribution is 0.673. The predicted molar refractivity (Wildman–Crippen MR) is 209 cm³/mol. The van der Waals surface area contributed by atoms with E-state index in [0.29, 0.717) is 17.5 Å². The lowest BCUT2D eigenvalue weighted by Crippen LogP contribution is -2.00. The van der Waals surface area contributed by atoms with Gasteiger partial charge in [0.05, 0.1) is 0 Å². The Labute approximate surface area is 294 Å². The van der Waals surface area contributed by atoms with Crippen molar-refractivity contribution in [3.63, 3.8) is 0 Å². The summed E-state index contributed by atoms with van der Waals surface area (Å²) in [7, 11) is 0. The molecule has 4 nitrogen and oxygen atoms in total. The van der Waals surface area contributed by atoms with Crippen LogP contribution in [0.5, 0.6) is 0 Å². The molecule has 2 aromatic heterocycles. The molecule has 0 aliphatic heterocycles. The van der Waals surface area contributed by atoms with Crippen molar-refractivity contribution in [3.8, 4) is 56.4 Å². The highest BCUT2D eigenvalue weighted by molar-refractivity contribution is 6.19. The van der Waals surface area contributed by atoms with Crippen LogP contribution in [0.25, 0.3) is 99.9 Å². The van der Waals surface area contributed by atoms with Gasteiger partial charge in [0.1, 0.15) is 11.2 Å². The van der Waals surface area contributed by atoms with E-state index in [1.54, 1.807) is 0 Å². The molecule has 10 rings (SSSR count). The molecule has 0 fully saturated rings. The average Bonchev–Trinajstić information content (AvgIpc) is 3.60. The molecule has 0 atom stereocenters. The fraction of sp³-hybridized carbons (Fsp3) is 0. The van der Waals surface area contributed by atoms with Crippen LogP contribution >= 0.6 is 0 Å². The van der Waals surface area contributed by atoms with E-state index < -0.39 is 0 Å². The lowest BCUT2D eigenvalue weighted by atomic mass is 9.96. The molecule has 2 heterocycles. The Morgan fingerprint density at radius 3 is 1.65 bits per heavy atom. The van der Waals surface area contributed by atoms with Gasteiger partial charge in [0.15, 0.2) is 17.5 Å². The molecular formula is C47H29N3O. The molecule has 0 spiro atoms. The Balaban J connectivity index is 1.24. The Bertz CT molecular complexity index is 2900. The predicted octanol–water partition coefficient (Wildman–Crippen LogP) is 12.4. The standard InChI is InChI=1S/C47H29N3O/c1-3-11-30(12-4-1)32-19-21-33(22-20-32)38-28-41(43-40-26-25-34-14-9-10-18-39(34)44(40)51-42(43)29-38)47-49-45(35-15-5-2-6-16-35)48-46(50-47)37-24-23-31-13-7-8-17-36(31)27-37/h1-29H. The maximum atomic E-state index is 6.79. The van der Waals surface area contributed by atoms with Crippen LogP contribution in [0.1, 0.15) is 0 Å². The molecule has 0 radical (unpaired) electrons. The number of rotatable bonds is 5. The minimum absolute atomic E-state index is 0.593. The van der Waals surface area contributed by atoms with E-state index in [9.17, 15) is 0 Å². The SMILES string of the molecule is c1ccc(-c2ccc(-c3cc(-c4nc(-c5ccccc5)nc(-c5ccc6ccccc6c5)n4)c4c(c3)oc3c5ccccc5ccc34)cc2)cc1. The summed E-state index contributed by atoms with van der Waals surface area (Å²) < 4.78 is 6.79. The second-order valence-corrected chi connectivity index (χ2v) is 12.8. The number of furan rings is 1. The Kier molecular flexibility index (Phi) is 6.78. The molecule has 51 heavy (non-hydrogen) atoms.